The monoisotopic (exact) mass is 369 g/mol. The van der Waals surface area contributed by atoms with Gasteiger partial charge in [-0.3, -0.25) is 9.59 Å². The van der Waals surface area contributed by atoms with E-state index in [-0.39, 0.29) is 11.9 Å². The van der Waals surface area contributed by atoms with E-state index in [1.165, 1.54) is 13.8 Å². The van der Waals surface area contributed by atoms with Crippen molar-refractivity contribution >= 4 is 23.3 Å². The molecule has 1 atom stereocenters. The molecule has 0 radical (unpaired) electrons. The average Bonchev–Trinajstić information content (AvgIpc) is 2.61. The summed E-state index contributed by atoms with van der Waals surface area (Å²) in [6.45, 7) is 6.71. The smallest absolute Gasteiger partial charge is 0.338 e. The Morgan fingerprint density at radius 2 is 1.56 bits per heavy atom. The Hall–Kier alpha value is -3.15. The van der Waals surface area contributed by atoms with Gasteiger partial charge in [0, 0.05) is 5.56 Å². The molecule has 27 heavy (non-hydrogen) atoms. The molecule has 0 saturated heterocycles. The minimum atomic E-state index is -1.02. The molecule has 0 fully saturated rings. The fraction of sp³-hybridized carbons (Fsp3) is 0.286. The minimum absolute atomic E-state index is 0.0319. The van der Waals surface area contributed by atoms with Crippen LogP contribution in [0.15, 0.2) is 48.5 Å². The topological polar surface area (TPSA) is 81.7 Å². The van der Waals surface area contributed by atoms with Crippen LogP contribution in [0.4, 0.5) is 5.69 Å². The zero-order valence-corrected chi connectivity index (χ0v) is 15.8. The van der Waals surface area contributed by atoms with E-state index in [0.29, 0.717) is 22.6 Å². The highest BCUT2D eigenvalue weighted by atomic mass is 16.5. The molecule has 0 saturated carbocycles. The van der Waals surface area contributed by atoms with Gasteiger partial charge in [-0.15, -0.1) is 0 Å². The number of amides is 1. The van der Waals surface area contributed by atoms with Crippen molar-refractivity contribution in [3.63, 3.8) is 0 Å². The highest BCUT2D eigenvalue weighted by molar-refractivity contribution is 6.05. The molecular weight excluding hydrogens is 346 g/mol. The van der Waals surface area contributed by atoms with Gasteiger partial charge in [-0.05, 0) is 64.1 Å². The Balaban J connectivity index is 1.99. The molecule has 0 bridgehead atoms. The molecule has 0 aliphatic rings. The van der Waals surface area contributed by atoms with Crippen LogP contribution in [0.25, 0.3) is 0 Å². The Kier molecular flexibility index (Phi) is 6.71. The number of benzene rings is 2. The average molecular weight is 369 g/mol. The van der Waals surface area contributed by atoms with E-state index >= 15 is 0 Å². The van der Waals surface area contributed by atoms with E-state index in [1.807, 2.05) is 13.8 Å². The van der Waals surface area contributed by atoms with Crippen LogP contribution in [0, 0.1) is 0 Å². The van der Waals surface area contributed by atoms with Gasteiger partial charge in [0.05, 0.1) is 17.4 Å². The summed E-state index contributed by atoms with van der Waals surface area (Å²) in [5.41, 5.74) is 1.09. The van der Waals surface area contributed by atoms with E-state index in [9.17, 15) is 14.4 Å². The van der Waals surface area contributed by atoms with Crippen molar-refractivity contribution in [2.24, 2.45) is 0 Å². The summed E-state index contributed by atoms with van der Waals surface area (Å²) in [6, 6.07) is 13.2. The molecule has 2 rings (SSSR count). The van der Waals surface area contributed by atoms with Crippen molar-refractivity contribution in [2.75, 3.05) is 5.32 Å². The summed E-state index contributed by atoms with van der Waals surface area (Å²) in [4.78, 5) is 36.2. The van der Waals surface area contributed by atoms with Gasteiger partial charge in [-0.2, -0.15) is 0 Å². The first-order valence-corrected chi connectivity index (χ1v) is 8.66. The molecule has 2 aromatic carbocycles. The maximum Gasteiger partial charge on any atom is 0.338 e. The molecule has 0 aliphatic heterocycles. The van der Waals surface area contributed by atoms with Crippen molar-refractivity contribution in [3.05, 3.63) is 59.7 Å². The number of carbonyl (C=O) groups is 3. The van der Waals surface area contributed by atoms with Crippen LogP contribution in [-0.4, -0.2) is 29.9 Å². The molecule has 2 aromatic rings. The maximum atomic E-state index is 12.3. The standard InChI is InChI=1S/C21H23NO5/c1-13(2)26-17-11-9-16(10-12-17)21(25)27-15(4)20(24)22-19-8-6-5-7-18(19)14(3)23/h5-13,15H,1-4H3,(H,22,24)/t15-/m0/s1. The molecule has 6 nitrogen and oxygen atoms in total. The molecule has 1 amide bonds. The second kappa shape index (κ2) is 8.98. The number of nitrogens with one attached hydrogen (secondary N) is 1. The van der Waals surface area contributed by atoms with Gasteiger partial charge in [0.2, 0.25) is 0 Å². The zero-order chi connectivity index (χ0) is 20.0. The van der Waals surface area contributed by atoms with Crippen LogP contribution in [-0.2, 0) is 9.53 Å². The van der Waals surface area contributed by atoms with Crippen LogP contribution < -0.4 is 10.1 Å². The van der Waals surface area contributed by atoms with Crippen LogP contribution in [0.2, 0.25) is 0 Å². The lowest BCUT2D eigenvalue weighted by atomic mass is 10.1. The van der Waals surface area contributed by atoms with Gasteiger partial charge in [-0.25, -0.2) is 4.79 Å². The third kappa shape index (κ3) is 5.67. The first kappa shape index (κ1) is 20.2. The zero-order valence-electron chi connectivity index (χ0n) is 15.8. The van der Waals surface area contributed by atoms with E-state index in [4.69, 9.17) is 9.47 Å². The quantitative estimate of drug-likeness (QED) is 0.592. The second-order valence-corrected chi connectivity index (χ2v) is 6.33. The van der Waals surface area contributed by atoms with Crippen LogP contribution in [0.3, 0.4) is 0 Å². The van der Waals surface area contributed by atoms with E-state index in [0.717, 1.165) is 0 Å². The Bertz CT molecular complexity index is 827. The molecule has 1 N–H and O–H groups in total. The third-order valence-electron chi connectivity index (χ3n) is 3.68. The van der Waals surface area contributed by atoms with Gasteiger partial charge >= 0.3 is 5.97 Å². The second-order valence-electron chi connectivity index (χ2n) is 6.33. The highest BCUT2D eigenvalue weighted by Gasteiger charge is 2.20. The predicted octanol–water partition coefficient (Wildman–Crippen LogP) is 3.86. The van der Waals surface area contributed by atoms with Crippen molar-refractivity contribution in [2.45, 2.75) is 39.9 Å². The Morgan fingerprint density at radius 3 is 2.15 bits per heavy atom. The van der Waals surface area contributed by atoms with E-state index in [1.54, 1.807) is 48.5 Å². The van der Waals surface area contributed by atoms with Gasteiger partial charge in [-0.1, -0.05) is 12.1 Å². The van der Waals surface area contributed by atoms with Gasteiger partial charge in [0.1, 0.15) is 5.75 Å². The number of hydrogen-bond donors (Lipinski definition) is 1. The van der Waals surface area contributed by atoms with Crippen molar-refractivity contribution in [1.29, 1.82) is 0 Å². The first-order valence-electron chi connectivity index (χ1n) is 8.66. The first-order chi connectivity index (χ1) is 12.8. The number of anilines is 1. The Morgan fingerprint density at radius 1 is 0.926 bits per heavy atom. The maximum absolute atomic E-state index is 12.3. The number of rotatable bonds is 7. The number of esters is 1. The van der Waals surface area contributed by atoms with Crippen molar-refractivity contribution in [3.8, 4) is 5.75 Å². The number of Topliss-reactive ketones (excluding diaryl/α,β-unsaturated/α-hetero) is 1. The Labute approximate surface area is 158 Å². The fourth-order valence-electron chi connectivity index (χ4n) is 2.36. The number of ether oxygens (including phenoxy) is 2. The minimum Gasteiger partial charge on any atom is -0.491 e. The van der Waals surface area contributed by atoms with Gasteiger partial charge < -0.3 is 14.8 Å². The summed E-state index contributed by atoms with van der Waals surface area (Å²) in [7, 11) is 0. The molecule has 0 aromatic heterocycles. The number of ketones is 1. The molecule has 0 spiro atoms. The third-order valence-corrected chi connectivity index (χ3v) is 3.68. The molecule has 142 valence electrons. The highest BCUT2D eigenvalue weighted by Crippen LogP contribution is 2.17. The molecular formula is C21H23NO5. The lowest BCUT2D eigenvalue weighted by Gasteiger charge is -2.15. The van der Waals surface area contributed by atoms with E-state index in [2.05, 4.69) is 5.32 Å². The van der Waals surface area contributed by atoms with Crippen LogP contribution in [0.1, 0.15) is 48.4 Å². The molecule has 0 aliphatic carbocycles. The van der Waals surface area contributed by atoms with Crippen molar-refractivity contribution < 1.29 is 23.9 Å². The number of para-hydroxylation sites is 1. The largest absolute Gasteiger partial charge is 0.491 e. The number of carbonyl (C=O) groups excluding carboxylic acids is 3. The summed E-state index contributed by atoms with van der Waals surface area (Å²) in [5.74, 6) is -0.655. The normalized spacial score (nSPS) is 11.6. The lowest BCUT2D eigenvalue weighted by Crippen LogP contribution is -2.30. The SMILES string of the molecule is CC(=O)c1ccccc1NC(=O)[C@H](C)OC(=O)c1ccc(OC(C)C)cc1. The molecule has 0 heterocycles. The van der Waals surface area contributed by atoms with Crippen LogP contribution >= 0.6 is 0 Å². The molecule has 0 unspecified atom stereocenters. The summed E-state index contributed by atoms with van der Waals surface area (Å²) in [6.07, 6.45) is -0.992. The van der Waals surface area contributed by atoms with Crippen LogP contribution in [0.5, 0.6) is 5.75 Å². The van der Waals surface area contributed by atoms with Gasteiger partial charge in [0.25, 0.3) is 5.91 Å². The lowest BCUT2D eigenvalue weighted by molar-refractivity contribution is -0.123. The molecule has 6 heteroatoms. The van der Waals surface area contributed by atoms with Crippen molar-refractivity contribution in [1.82, 2.24) is 0 Å². The van der Waals surface area contributed by atoms with Gasteiger partial charge in [0.15, 0.2) is 11.9 Å². The number of hydrogen-bond acceptors (Lipinski definition) is 5. The fourth-order valence-corrected chi connectivity index (χ4v) is 2.36. The predicted molar refractivity (Wildman–Crippen MR) is 102 cm³/mol. The summed E-state index contributed by atoms with van der Waals surface area (Å²) >= 11 is 0. The summed E-state index contributed by atoms with van der Waals surface area (Å²) in [5, 5.41) is 2.62. The van der Waals surface area contributed by atoms with E-state index < -0.39 is 18.0 Å². The summed E-state index contributed by atoms with van der Waals surface area (Å²) < 4.78 is 10.7.